The normalized spacial score (nSPS) is 19.5. The molecule has 0 radical (unpaired) electrons. The van der Waals surface area contributed by atoms with Crippen LogP contribution in [0.25, 0.3) is 0 Å². The molecule has 4 rings (SSSR count). The summed E-state index contributed by atoms with van der Waals surface area (Å²) in [6.07, 6.45) is 3.82. The Labute approximate surface area is 152 Å². The summed E-state index contributed by atoms with van der Waals surface area (Å²) in [4.78, 5) is 15.2. The predicted octanol–water partition coefficient (Wildman–Crippen LogP) is 3.86. The van der Waals surface area contributed by atoms with Crippen molar-refractivity contribution in [2.24, 2.45) is 0 Å². The van der Waals surface area contributed by atoms with Gasteiger partial charge in [0.2, 0.25) is 5.91 Å². The molecule has 2 aromatic rings. The minimum atomic E-state index is -0.367. The molecule has 2 fully saturated rings. The van der Waals surface area contributed by atoms with E-state index < -0.39 is 0 Å². The van der Waals surface area contributed by atoms with Crippen LogP contribution in [0.4, 0.5) is 0 Å². The highest BCUT2D eigenvalue weighted by atomic mass is 32.1. The van der Waals surface area contributed by atoms with Crippen LogP contribution in [0.3, 0.4) is 0 Å². The number of likely N-dealkylation sites (tertiary alicyclic amines) is 1. The van der Waals surface area contributed by atoms with Crippen LogP contribution in [0.2, 0.25) is 0 Å². The van der Waals surface area contributed by atoms with Crippen LogP contribution in [0, 0.1) is 0 Å². The lowest BCUT2D eigenvalue weighted by molar-refractivity contribution is -0.135. The second kappa shape index (κ2) is 6.71. The Morgan fingerprint density at radius 3 is 2.60 bits per heavy atom. The first-order valence-electron chi connectivity index (χ1n) is 8.85. The van der Waals surface area contributed by atoms with Crippen LogP contribution in [-0.2, 0) is 10.2 Å². The third-order valence-corrected chi connectivity index (χ3v) is 5.97. The molecule has 132 valence electrons. The van der Waals surface area contributed by atoms with Gasteiger partial charge in [0.05, 0.1) is 12.5 Å². The van der Waals surface area contributed by atoms with Crippen LogP contribution >= 0.6 is 11.3 Å². The largest absolute Gasteiger partial charge is 0.496 e. The van der Waals surface area contributed by atoms with Crippen molar-refractivity contribution in [3.05, 3.63) is 46.7 Å². The molecule has 5 heteroatoms. The highest BCUT2D eigenvalue weighted by Crippen LogP contribution is 2.52. The Kier molecular flexibility index (Phi) is 4.42. The van der Waals surface area contributed by atoms with E-state index in [2.05, 4.69) is 0 Å². The highest BCUT2D eigenvalue weighted by Gasteiger charge is 2.54. The standard InChI is InChI=1S/C20H23NO3S/c1-23-18-5-3-2-4-17(18)20(9-10-20)19(22)21-11-6-15(7-12-21)24-16-8-13-25-14-16/h2-5,8,13-15H,6-7,9-12H2,1H3. The van der Waals surface area contributed by atoms with Gasteiger partial charge in [-0.25, -0.2) is 0 Å². The molecule has 0 unspecified atom stereocenters. The lowest BCUT2D eigenvalue weighted by atomic mass is 9.92. The Bertz CT molecular complexity index is 731. The summed E-state index contributed by atoms with van der Waals surface area (Å²) >= 11 is 1.64. The second-order valence-electron chi connectivity index (χ2n) is 6.85. The van der Waals surface area contributed by atoms with E-state index in [0.717, 1.165) is 55.8 Å². The van der Waals surface area contributed by atoms with E-state index in [9.17, 15) is 4.79 Å². The molecule has 2 heterocycles. The van der Waals surface area contributed by atoms with Crippen LogP contribution in [0.15, 0.2) is 41.1 Å². The first kappa shape index (κ1) is 16.5. The lowest BCUT2D eigenvalue weighted by Gasteiger charge is -2.34. The molecule has 1 saturated heterocycles. The predicted molar refractivity (Wildman–Crippen MR) is 98.5 cm³/mol. The number of hydrogen-bond acceptors (Lipinski definition) is 4. The first-order valence-corrected chi connectivity index (χ1v) is 9.79. The van der Waals surface area contributed by atoms with Crippen LogP contribution in [0.5, 0.6) is 11.5 Å². The van der Waals surface area contributed by atoms with Gasteiger partial charge in [-0.05, 0) is 30.4 Å². The molecule has 0 spiro atoms. The number of ether oxygens (including phenoxy) is 2. The summed E-state index contributed by atoms with van der Waals surface area (Å²) in [6.45, 7) is 1.54. The molecular weight excluding hydrogens is 334 g/mol. The number of methoxy groups -OCH3 is 1. The summed E-state index contributed by atoms with van der Waals surface area (Å²) < 4.78 is 11.5. The lowest BCUT2D eigenvalue weighted by Crippen LogP contribution is -2.46. The van der Waals surface area contributed by atoms with Crippen LogP contribution in [-0.4, -0.2) is 37.1 Å². The number of benzene rings is 1. The number of carbonyl (C=O) groups is 1. The molecule has 1 aromatic heterocycles. The smallest absolute Gasteiger partial charge is 0.233 e. The minimum Gasteiger partial charge on any atom is -0.496 e. The van der Waals surface area contributed by atoms with Gasteiger partial charge in [0.1, 0.15) is 17.6 Å². The summed E-state index contributed by atoms with van der Waals surface area (Å²) in [7, 11) is 1.67. The van der Waals surface area contributed by atoms with E-state index in [0.29, 0.717) is 0 Å². The van der Waals surface area contributed by atoms with Crippen molar-refractivity contribution >= 4 is 17.2 Å². The van der Waals surface area contributed by atoms with E-state index in [1.165, 1.54) is 0 Å². The van der Waals surface area contributed by atoms with Gasteiger partial charge < -0.3 is 14.4 Å². The quantitative estimate of drug-likeness (QED) is 0.816. The molecule has 0 atom stereocenters. The number of hydrogen-bond donors (Lipinski definition) is 0. The van der Waals surface area contributed by atoms with Crippen molar-refractivity contribution in [2.75, 3.05) is 20.2 Å². The molecule has 1 amide bonds. The van der Waals surface area contributed by atoms with Crippen molar-refractivity contribution in [3.8, 4) is 11.5 Å². The zero-order valence-electron chi connectivity index (χ0n) is 14.4. The van der Waals surface area contributed by atoms with E-state index in [1.807, 2.05) is 46.0 Å². The zero-order chi connectivity index (χ0) is 17.3. The fraction of sp³-hybridized carbons (Fsp3) is 0.450. The van der Waals surface area contributed by atoms with Crippen LogP contribution in [0.1, 0.15) is 31.2 Å². The number of thiophene rings is 1. The molecule has 1 aliphatic carbocycles. The summed E-state index contributed by atoms with van der Waals surface area (Å²) in [5.41, 5.74) is 0.673. The summed E-state index contributed by atoms with van der Waals surface area (Å²) in [5, 5.41) is 4.05. The van der Waals surface area contributed by atoms with Gasteiger partial charge >= 0.3 is 0 Å². The average Bonchev–Trinajstić information content (AvgIpc) is 3.32. The fourth-order valence-corrected chi connectivity index (χ4v) is 4.31. The molecule has 4 nitrogen and oxygen atoms in total. The molecular formula is C20H23NO3S. The van der Waals surface area contributed by atoms with Gasteiger partial charge in [-0.15, -0.1) is 11.3 Å². The Balaban J connectivity index is 1.42. The van der Waals surface area contributed by atoms with Crippen molar-refractivity contribution in [1.82, 2.24) is 4.90 Å². The molecule has 2 aliphatic rings. The molecule has 25 heavy (non-hydrogen) atoms. The van der Waals surface area contributed by atoms with Crippen molar-refractivity contribution in [3.63, 3.8) is 0 Å². The van der Waals surface area contributed by atoms with Gasteiger partial charge in [0, 0.05) is 36.9 Å². The average molecular weight is 357 g/mol. The Morgan fingerprint density at radius 1 is 1.20 bits per heavy atom. The Morgan fingerprint density at radius 2 is 1.96 bits per heavy atom. The van der Waals surface area contributed by atoms with E-state index in [1.54, 1.807) is 18.4 Å². The Hall–Kier alpha value is -2.01. The van der Waals surface area contributed by atoms with Gasteiger partial charge in [-0.2, -0.15) is 0 Å². The van der Waals surface area contributed by atoms with Crippen molar-refractivity contribution < 1.29 is 14.3 Å². The minimum absolute atomic E-state index is 0.208. The van der Waals surface area contributed by atoms with Crippen molar-refractivity contribution in [1.29, 1.82) is 0 Å². The number of nitrogens with zero attached hydrogens (tertiary/aromatic N) is 1. The highest BCUT2D eigenvalue weighted by molar-refractivity contribution is 7.08. The maximum atomic E-state index is 13.2. The third-order valence-electron chi connectivity index (χ3n) is 5.31. The maximum Gasteiger partial charge on any atom is 0.233 e. The maximum absolute atomic E-state index is 13.2. The number of para-hydroxylation sites is 1. The van der Waals surface area contributed by atoms with Gasteiger partial charge in [-0.1, -0.05) is 18.2 Å². The fourth-order valence-electron chi connectivity index (χ4n) is 3.75. The van der Waals surface area contributed by atoms with Gasteiger partial charge in [-0.3, -0.25) is 4.79 Å². The molecule has 0 N–H and O–H groups in total. The van der Waals surface area contributed by atoms with E-state index in [-0.39, 0.29) is 17.4 Å². The molecule has 1 aliphatic heterocycles. The third kappa shape index (κ3) is 3.13. The summed E-state index contributed by atoms with van der Waals surface area (Å²) in [5.74, 6) is 2.03. The zero-order valence-corrected chi connectivity index (χ0v) is 15.3. The van der Waals surface area contributed by atoms with E-state index >= 15 is 0 Å². The number of rotatable bonds is 5. The monoisotopic (exact) mass is 357 g/mol. The number of carbonyl (C=O) groups excluding carboxylic acids is 1. The van der Waals surface area contributed by atoms with Gasteiger partial charge in [0.15, 0.2) is 0 Å². The van der Waals surface area contributed by atoms with E-state index in [4.69, 9.17) is 9.47 Å². The topological polar surface area (TPSA) is 38.8 Å². The number of amides is 1. The second-order valence-corrected chi connectivity index (χ2v) is 7.63. The van der Waals surface area contributed by atoms with Crippen LogP contribution < -0.4 is 9.47 Å². The molecule has 0 bridgehead atoms. The first-order chi connectivity index (χ1) is 12.2. The SMILES string of the molecule is COc1ccccc1C1(C(=O)N2CCC(Oc3ccsc3)CC2)CC1. The number of piperidine rings is 1. The molecule has 1 aromatic carbocycles. The summed E-state index contributed by atoms with van der Waals surface area (Å²) in [6, 6.07) is 9.94. The van der Waals surface area contributed by atoms with Crippen molar-refractivity contribution in [2.45, 2.75) is 37.2 Å². The molecule has 1 saturated carbocycles. The van der Waals surface area contributed by atoms with Gasteiger partial charge in [0.25, 0.3) is 0 Å².